The molecule has 0 aliphatic carbocycles. The van der Waals surface area contributed by atoms with Crippen LogP contribution >= 0.6 is 23.1 Å². The maximum Gasteiger partial charge on any atom is 0.244 e. The SMILES string of the molecule is CNCc1snc(OC)c1Cl. The molecule has 0 spiro atoms. The third kappa shape index (κ3) is 1.83. The van der Waals surface area contributed by atoms with Crippen LogP contribution in [0, 0.1) is 0 Å². The highest BCUT2D eigenvalue weighted by Crippen LogP contribution is 2.30. The Morgan fingerprint density at radius 1 is 1.73 bits per heavy atom. The van der Waals surface area contributed by atoms with Crippen LogP contribution in [0.15, 0.2) is 0 Å². The Morgan fingerprint density at radius 2 is 2.45 bits per heavy atom. The van der Waals surface area contributed by atoms with E-state index in [1.54, 1.807) is 7.11 Å². The Morgan fingerprint density at radius 3 is 2.91 bits per heavy atom. The molecule has 0 aromatic carbocycles. The van der Waals surface area contributed by atoms with Gasteiger partial charge >= 0.3 is 0 Å². The summed E-state index contributed by atoms with van der Waals surface area (Å²) in [6, 6.07) is 0. The van der Waals surface area contributed by atoms with Crippen LogP contribution in [0.5, 0.6) is 5.88 Å². The molecule has 11 heavy (non-hydrogen) atoms. The Hall–Kier alpha value is -0.320. The van der Waals surface area contributed by atoms with Crippen LogP contribution in [-0.2, 0) is 6.54 Å². The number of rotatable bonds is 3. The molecule has 0 radical (unpaired) electrons. The van der Waals surface area contributed by atoms with E-state index in [9.17, 15) is 0 Å². The van der Waals surface area contributed by atoms with Crippen LogP contribution in [0.1, 0.15) is 4.88 Å². The summed E-state index contributed by atoms with van der Waals surface area (Å²) >= 11 is 7.24. The lowest BCUT2D eigenvalue weighted by atomic mass is 10.5. The first-order valence-electron chi connectivity index (χ1n) is 3.12. The summed E-state index contributed by atoms with van der Waals surface area (Å²) in [7, 11) is 3.42. The Bertz CT molecular complexity index is 238. The topological polar surface area (TPSA) is 34.2 Å². The number of ether oxygens (including phenoxy) is 1. The standard InChI is InChI=1S/C6H9ClN2OS/c1-8-3-4-5(7)6(10-2)9-11-4/h8H,3H2,1-2H3. The van der Waals surface area contributed by atoms with Crippen molar-refractivity contribution in [2.24, 2.45) is 0 Å². The van der Waals surface area contributed by atoms with Gasteiger partial charge in [-0.15, -0.1) is 0 Å². The van der Waals surface area contributed by atoms with E-state index in [1.807, 2.05) is 7.05 Å². The Kier molecular flexibility index (Phi) is 3.11. The fourth-order valence-electron chi connectivity index (χ4n) is 0.693. The Balaban J connectivity index is 2.82. The number of nitrogens with zero attached hydrogens (tertiary/aromatic N) is 1. The summed E-state index contributed by atoms with van der Waals surface area (Å²) in [5, 5.41) is 3.61. The first-order valence-corrected chi connectivity index (χ1v) is 4.27. The lowest BCUT2D eigenvalue weighted by Crippen LogP contribution is -2.03. The average Bonchev–Trinajstić information content (AvgIpc) is 2.34. The van der Waals surface area contributed by atoms with Crippen LogP contribution in [0.3, 0.4) is 0 Å². The van der Waals surface area contributed by atoms with Crippen molar-refractivity contribution < 1.29 is 4.74 Å². The average molecular weight is 193 g/mol. The predicted octanol–water partition coefficient (Wildman–Crippen LogP) is 1.52. The van der Waals surface area contributed by atoms with Crippen molar-refractivity contribution in [2.75, 3.05) is 14.2 Å². The molecule has 62 valence electrons. The van der Waals surface area contributed by atoms with E-state index >= 15 is 0 Å². The summed E-state index contributed by atoms with van der Waals surface area (Å²) in [6.07, 6.45) is 0. The van der Waals surface area contributed by atoms with Crippen molar-refractivity contribution in [3.63, 3.8) is 0 Å². The van der Waals surface area contributed by atoms with Gasteiger partial charge in [0.05, 0.1) is 12.0 Å². The summed E-state index contributed by atoms with van der Waals surface area (Å²) in [4.78, 5) is 1.01. The molecule has 1 heterocycles. The lowest BCUT2D eigenvalue weighted by molar-refractivity contribution is 0.402. The van der Waals surface area contributed by atoms with Crippen LogP contribution in [-0.4, -0.2) is 18.5 Å². The van der Waals surface area contributed by atoms with E-state index in [0.717, 1.165) is 11.4 Å². The van der Waals surface area contributed by atoms with Crippen molar-refractivity contribution >= 4 is 23.1 Å². The van der Waals surface area contributed by atoms with Gasteiger partial charge in [-0.1, -0.05) is 11.6 Å². The van der Waals surface area contributed by atoms with Gasteiger partial charge < -0.3 is 10.1 Å². The molecule has 0 saturated carbocycles. The van der Waals surface area contributed by atoms with Gasteiger partial charge in [0.2, 0.25) is 5.88 Å². The zero-order valence-corrected chi connectivity index (χ0v) is 7.92. The van der Waals surface area contributed by atoms with E-state index in [2.05, 4.69) is 9.69 Å². The van der Waals surface area contributed by atoms with Gasteiger partial charge in [0.25, 0.3) is 0 Å². The fourth-order valence-corrected chi connectivity index (χ4v) is 1.77. The summed E-state index contributed by atoms with van der Waals surface area (Å²) in [6.45, 7) is 0.736. The molecule has 0 atom stereocenters. The van der Waals surface area contributed by atoms with Crippen LogP contribution < -0.4 is 10.1 Å². The molecule has 0 unspecified atom stereocenters. The lowest BCUT2D eigenvalue weighted by Gasteiger charge is -1.95. The number of hydrogen-bond acceptors (Lipinski definition) is 4. The minimum atomic E-state index is 0.516. The Labute approximate surface area is 74.5 Å². The van der Waals surface area contributed by atoms with Gasteiger partial charge in [-0.3, -0.25) is 0 Å². The zero-order chi connectivity index (χ0) is 8.27. The largest absolute Gasteiger partial charge is 0.479 e. The molecule has 3 nitrogen and oxygen atoms in total. The molecular formula is C6H9ClN2OS. The number of aromatic nitrogens is 1. The number of hydrogen-bond donors (Lipinski definition) is 1. The molecule has 0 saturated heterocycles. The van der Waals surface area contributed by atoms with E-state index in [1.165, 1.54) is 11.5 Å². The van der Waals surface area contributed by atoms with Crippen molar-refractivity contribution in [2.45, 2.75) is 6.54 Å². The molecule has 1 aromatic rings. The quantitative estimate of drug-likeness (QED) is 0.789. The molecule has 0 aliphatic rings. The number of halogens is 1. The minimum Gasteiger partial charge on any atom is -0.479 e. The number of nitrogens with one attached hydrogen (secondary N) is 1. The molecular weight excluding hydrogens is 184 g/mol. The van der Waals surface area contributed by atoms with Crippen LogP contribution in [0.4, 0.5) is 0 Å². The highest BCUT2D eigenvalue weighted by atomic mass is 35.5. The van der Waals surface area contributed by atoms with E-state index < -0.39 is 0 Å². The fraction of sp³-hybridized carbons (Fsp3) is 0.500. The molecule has 1 rings (SSSR count). The third-order valence-electron chi connectivity index (χ3n) is 1.20. The maximum atomic E-state index is 5.89. The minimum absolute atomic E-state index is 0.516. The molecule has 1 N–H and O–H groups in total. The summed E-state index contributed by atoms with van der Waals surface area (Å²) < 4.78 is 8.91. The second kappa shape index (κ2) is 3.90. The molecule has 0 fully saturated rings. The van der Waals surface area contributed by atoms with Crippen molar-refractivity contribution in [1.82, 2.24) is 9.69 Å². The van der Waals surface area contributed by atoms with Gasteiger partial charge in [-0.25, -0.2) is 0 Å². The first kappa shape index (κ1) is 8.77. The van der Waals surface area contributed by atoms with E-state index in [-0.39, 0.29) is 0 Å². The summed E-state index contributed by atoms with van der Waals surface area (Å²) in [5.74, 6) is 0.516. The van der Waals surface area contributed by atoms with Gasteiger partial charge in [-0.05, 0) is 18.6 Å². The van der Waals surface area contributed by atoms with Gasteiger partial charge in [0, 0.05) is 6.54 Å². The zero-order valence-electron chi connectivity index (χ0n) is 6.35. The second-order valence-electron chi connectivity index (χ2n) is 1.96. The summed E-state index contributed by atoms with van der Waals surface area (Å²) in [5.41, 5.74) is 0. The molecule has 1 aromatic heterocycles. The monoisotopic (exact) mass is 192 g/mol. The molecule has 0 amide bonds. The van der Waals surface area contributed by atoms with E-state index in [0.29, 0.717) is 10.9 Å². The molecule has 5 heteroatoms. The predicted molar refractivity (Wildman–Crippen MR) is 46.4 cm³/mol. The molecule has 0 bridgehead atoms. The van der Waals surface area contributed by atoms with Crippen molar-refractivity contribution in [3.8, 4) is 5.88 Å². The third-order valence-corrected chi connectivity index (χ3v) is 2.53. The highest BCUT2D eigenvalue weighted by molar-refractivity contribution is 7.06. The van der Waals surface area contributed by atoms with Gasteiger partial charge in [-0.2, -0.15) is 4.37 Å². The highest BCUT2D eigenvalue weighted by Gasteiger charge is 2.10. The van der Waals surface area contributed by atoms with Gasteiger partial charge in [0.15, 0.2) is 0 Å². The first-order chi connectivity index (χ1) is 5.29. The normalized spacial score (nSPS) is 10.1. The van der Waals surface area contributed by atoms with E-state index in [4.69, 9.17) is 16.3 Å². The van der Waals surface area contributed by atoms with Crippen molar-refractivity contribution in [1.29, 1.82) is 0 Å². The second-order valence-corrected chi connectivity index (χ2v) is 3.20. The maximum absolute atomic E-state index is 5.89. The smallest absolute Gasteiger partial charge is 0.244 e. The van der Waals surface area contributed by atoms with Crippen molar-refractivity contribution in [3.05, 3.63) is 9.90 Å². The molecule has 0 aliphatic heterocycles. The van der Waals surface area contributed by atoms with Crippen LogP contribution in [0.25, 0.3) is 0 Å². The number of methoxy groups -OCH3 is 1. The van der Waals surface area contributed by atoms with Crippen LogP contribution in [0.2, 0.25) is 5.02 Å². The van der Waals surface area contributed by atoms with Gasteiger partial charge in [0.1, 0.15) is 5.02 Å².